The van der Waals surface area contributed by atoms with Gasteiger partial charge in [0.2, 0.25) is 5.88 Å². The summed E-state index contributed by atoms with van der Waals surface area (Å²) in [6.07, 6.45) is 2.76. The average Bonchev–Trinajstić information content (AvgIpc) is 3.00. The van der Waals surface area contributed by atoms with Crippen molar-refractivity contribution in [3.63, 3.8) is 0 Å². The summed E-state index contributed by atoms with van der Waals surface area (Å²) in [5.41, 5.74) is 4.87. The summed E-state index contributed by atoms with van der Waals surface area (Å²) in [5.74, 6) is 0.675. The quantitative estimate of drug-likeness (QED) is 0.666. The van der Waals surface area contributed by atoms with Gasteiger partial charge < -0.3 is 9.64 Å². The van der Waals surface area contributed by atoms with Gasteiger partial charge in [-0.3, -0.25) is 0 Å². The number of hydrogen-bond donors (Lipinski definition) is 0. The molecule has 1 aromatic carbocycles. The van der Waals surface area contributed by atoms with Crippen molar-refractivity contribution in [3.05, 3.63) is 57.2 Å². The van der Waals surface area contributed by atoms with Gasteiger partial charge in [0.1, 0.15) is 6.10 Å². The molecule has 0 amide bonds. The number of halogens is 1. The van der Waals surface area contributed by atoms with Gasteiger partial charge in [-0.2, -0.15) is 0 Å². The standard InChI is InChI=1S/C20H23BrN2OS/c1-4-23(3)19(25)12-16-11-18(21)20(22-13(16)2)24-17-9-14-7-5-6-8-15(14)10-17/h5-8,11,17H,4,9-10,12H2,1-3H3. The van der Waals surface area contributed by atoms with Crippen LogP contribution in [0.15, 0.2) is 34.8 Å². The fourth-order valence-corrected chi connectivity index (χ4v) is 3.84. The maximum atomic E-state index is 6.20. The van der Waals surface area contributed by atoms with E-state index in [0.717, 1.165) is 46.5 Å². The van der Waals surface area contributed by atoms with E-state index in [1.807, 2.05) is 14.0 Å². The van der Waals surface area contributed by atoms with Crippen molar-refractivity contribution < 1.29 is 4.74 Å². The van der Waals surface area contributed by atoms with Gasteiger partial charge in [0.15, 0.2) is 0 Å². The lowest BCUT2D eigenvalue weighted by Gasteiger charge is -2.19. The largest absolute Gasteiger partial charge is 0.473 e. The summed E-state index contributed by atoms with van der Waals surface area (Å²) in [4.78, 5) is 7.71. The second kappa shape index (κ2) is 7.83. The van der Waals surface area contributed by atoms with Crippen molar-refractivity contribution in [2.45, 2.75) is 39.2 Å². The molecule has 0 unspecified atom stereocenters. The van der Waals surface area contributed by atoms with Crippen LogP contribution in [0.5, 0.6) is 5.88 Å². The molecule has 3 nitrogen and oxygen atoms in total. The molecule has 0 atom stereocenters. The van der Waals surface area contributed by atoms with E-state index in [1.54, 1.807) is 0 Å². The topological polar surface area (TPSA) is 25.4 Å². The first-order valence-electron chi connectivity index (χ1n) is 8.61. The molecule has 0 fully saturated rings. The highest BCUT2D eigenvalue weighted by Gasteiger charge is 2.24. The summed E-state index contributed by atoms with van der Waals surface area (Å²) in [7, 11) is 2.02. The van der Waals surface area contributed by atoms with Crippen molar-refractivity contribution in [1.29, 1.82) is 0 Å². The van der Waals surface area contributed by atoms with Crippen LogP contribution in [-0.4, -0.2) is 34.6 Å². The van der Waals surface area contributed by atoms with Gasteiger partial charge in [0.25, 0.3) is 0 Å². The number of fused-ring (bicyclic) bond motifs is 1. The number of ether oxygens (including phenoxy) is 1. The molecule has 0 radical (unpaired) electrons. The third-order valence-electron chi connectivity index (χ3n) is 4.77. The van der Waals surface area contributed by atoms with Crippen molar-refractivity contribution in [3.8, 4) is 5.88 Å². The zero-order valence-corrected chi connectivity index (χ0v) is 17.3. The minimum Gasteiger partial charge on any atom is -0.473 e. The highest BCUT2D eigenvalue weighted by atomic mass is 79.9. The van der Waals surface area contributed by atoms with E-state index >= 15 is 0 Å². The van der Waals surface area contributed by atoms with E-state index in [4.69, 9.17) is 17.0 Å². The molecule has 3 rings (SSSR count). The predicted molar refractivity (Wildman–Crippen MR) is 110 cm³/mol. The highest BCUT2D eigenvalue weighted by Crippen LogP contribution is 2.30. The first kappa shape index (κ1) is 18.3. The van der Waals surface area contributed by atoms with Crippen molar-refractivity contribution in [1.82, 2.24) is 9.88 Å². The van der Waals surface area contributed by atoms with Crippen LogP contribution in [0.25, 0.3) is 0 Å². The van der Waals surface area contributed by atoms with E-state index in [0.29, 0.717) is 5.88 Å². The molecular formula is C20H23BrN2OS. The molecular weight excluding hydrogens is 396 g/mol. The second-order valence-corrected chi connectivity index (χ2v) is 7.85. The van der Waals surface area contributed by atoms with Crippen LogP contribution in [0.1, 0.15) is 29.3 Å². The van der Waals surface area contributed by atoms with Gasteiger partial charge in [0, 0.05) is 38.5 Å². The summed E-state index contributed by atoms with van der Waals surface area (Å²) in [5, 5.41) is 0. The number of likely N-dealkylation sites (N-methyl/N-ethyl adjacent to an activating group) is 1. The summed E-state index contributed by atoms with van der Waals surface area (Å²) < 4.78 is 7.09. The molecule has 0 N–H and O–H groups in total. The fraction of sp³-hybridized carbons (Fsp3) is 0.400. The molecule has 0 saturated carbocycles. The SMILES string of the molecule is CCN(C)C(=S)Cc1cc(Br)c(OC2Cc3ccccc3C2)nc1C. The van der Waals surface area contributed by atoms with Crippen LogP contribution in [0.2, 0.25) is 0 Å². The van der Waals surface area contributed by atoms with E-state index in [2.05, 4.69) is 63.1 Å². The molecule has 1 heterocycles. The third kappa shape index (κ3) is 4.21. The number of pyridine rings is 1. The molecule has 1 aliphatic carbocycles. The van der Waals surface area contributed by atoms with E-state index in [-0.39, 0.29) is 6.10 Å². The van der Waals surface area contributed by atoms with E-state index in [9.17, 15) is 0 Å². The Hall–Kier alpha value is -1.46. The summed E-state index contributed by atoms with van der Waals surface area (Å²) in [6, 6.07) is 10.6. The predicted octanol–water partition coefficient (Wildman–Crippen LogP) is 4.52. The molecule has 132 valence electrons. The Morgan fingerprint density at radius 2 is 1.96 bits per heavy atom. The van der Waals surface area contributed by atoms with Gasteiger partial charge in [-0.15, -0.1) is 0 Å². The van der Waals surface area contributed by atoms with Crippen LogP contribution in [0.3, 0.4) is 0 Å². The Labute approximate surface area is 163 Å². The molecule has 5 heteroatoms. The molecule has 2 aromatic rings. The number of thiocarbonyl (C=S) groups is 1. The van der Waals surface area contributed by atoms with Crippen LogP contribution >= 0.6 is 28.1 Å². The minimum absolute atomic E-state index is 0.152. The Morgan fingerprint density at radius 3 is 2.56 bits per heavy atom. The third-order valence-corrected chi connectivity index (χ3v) is 5.80. The number of rotatable bonds is 5. The van der Waals surface area contributed by atoms with Crippen LogP contribution in [0.4, 0.5) is 0 Å². The first-order valence-corrected chi connectivity index (χ1v) is 9.81. The summed E-state index contributed by atoms with van der Waals surface area (Å²) >= 11 is 9.12. The average molecular weight is 419 g/mol. The van der Waals surface area contributed by atoms with Crippen LogP contribution in [-0.2, 0) is 19.3 Å². The monoisotopic (exact) mass is 418 g/mol. The Bertz CT molecular complexity index is 768. The fourth-order valence-electron chi connectivity index (χ4n) is 3.09. The number of aryl methyl sites for hydroxylation is 1. The summed E-state index contributed by atoms with van der Waals surface area (Å²) in [6.45, 7) is 5.03. The lowest BCUT2D eigenvalue weighted by molar-refractivity contribution is 0.203. The molecule has 0 aliphatic heterocycles. The van der Waals surface area contributed by atoms with Gasteiger partial charge in [-0.25, -0.2) is 4.98 Å². The second-order valence-electron chi connectivity index (χ2n) is 6.52. The molecule has 1 aliphatic rings. The normalized spacial score (nSPS) is 13.6. The number of hydrogen-bond acceptors (Lipinski definition) is 3. The maximum Gasteiger partial charge on any atom is 0.228 e. The minimum atomic E-state index is 0.152. The smallest absolute Gasteiger partial charge is 0.228 e. The van der Waals surface area contributed by atoms with Crippen molar-refractivity contribution in [2.24, 2.45) is 0 Å². The van der Waals surface area contributed by atoms with Crippen LogP contribution in [0, 0.1) is 6.92 Å². The van der Waals surface area contributed by atoms with Gasteiger partial charge >= 0.3 is 0 Å². The number of benzene rings is 1. The lowest BCUT2D eigenvalue weighted by Crippen LogP contribution is -2.26. The van der Waals surface area contributed by atoms with Gasteiger partial charge in [-0.05, 0) is 52.5 Å². The maximum absolute atomic E-state index is 6.20. The lowest BCUT2D eigenvalue weighted by atomic mass is 10.1. The molecule has 25 heavy (non-hydrogen) atoms. The number of nitrogens with zero attached hydrogens (tertiary/aromatic N) is 2. The Kier molecular flexibility index (Phi) is 5.74. The Morgan fingerprint density at radius 1 is 1.32 bits per heavy atom. The molecule has 0 spiro atoms. The van der Waals surface area contributed by atoms with E-state index in [1.165, 1.54) is 11.1 Å². The zero-order valence-electron chi connectivity index (χ0n) is 14.9. The molecule has 0 saturated heterocycles. The highest BCUT2D eigenvalue weighted by molar-refractivity contribution is 9.10. The zero-order chi connectivity index (χ0) is 18.0. The van der Waals surface area contributed by atoms with Crippen LogP contribution < -0.4 is 4.74 Å². The van der Waals surface area contributed by atoms with E-state index < -0.39 is 0 Å². The molecule has 1 aromatic heterocycles. The van der Waals surface area contributed by atoms with Gasteiger partial charge in [-0.1, -0.05) is 36.5 Å². The first-order chi connectivity index (χ1) is 12.0. The van der Waals surface area contributed by atoms with Crippen molar-refractivity contribution >= 4 is 33.1 Å². The van der Waals surface area contributed by atoms with Crippen molar-refractivity contribution in [2.75, 3.05) is 13.6 Å². The van der Waals surface area contributed by atoms with Gasteiger partial charge in [0.05, 0.1) is 9.46 Å². The number of aromatic nitrogens is 1. The Balaban J connectivity index is 1.72. The molecule has 0 bridgehead atoms.